The molecule has 2 aliphatic heterocycles. The number of hydrogen-bond acceptors (Lipinski definition) is 2. The van der Waals surface area contributed by atoms with Gasteiger partial charge in [-0.15, -0.1) is 0 Å². The molecule has 0 atom stereocenters. The zero-order valence-electron chi connectivity index (χ0n) is 28.6. The van der Waals surface area contributed by atoms with Crippen molar-refractivity contribution in [2.75, 3.05) is 0 Å². The smallest absolute Gasteiger partial charge is 0.0658 e. The van der Waals surface area contributed by atoms with Crippen molar-refractivity contribution in [1.82, 2.24) is 19.9 Å². The first kappa shape index (κ1) is 35.7. The Morgan fingerprint density at radius 3 is 1.00 bits per heavy atom. The monoisotopic (exact) mass is 800 g/mol. The van der Waals surface area contributed by atoms with Crippen LogP contribution >= 0.6 is 0 Å². The fourth-order valence-electron chi connectivity index (χ4n) is 6.91. The Labute approximate surface area is 333 Å². The number of fused-ring (bicyclic) bond motifs is 13. The summed E-state index contributed by atoms with van der Waals surface area (Å²) in [6.45, 7) is 0. The van der Waals surface area contributed by atoms with Crippen LogP contribution in [-0.2, 0) is 33.7 Å². The van der Waals surface area contributed by atoms with Crippen LogP contribution in [0.1, 0.15) is 33.9 Å². The number of benzene rings is 5. The molecule has 11 rings (SSSR count). The van der Waals surface area contributed by atoms with E-state index in [1.165, 1.54) is 43.8 Å². The molecule has 6 heteroatoms. The second-order valence-electron chi connectivity index (χ2n) is 12.9. The molecule has 53 heavy (non-hydrogen) atoms. The van der Waals surface area contributed by atoms with E-state index in [0.29, 0.717) is 0 Å². The third-order valence-electron chi connectivity index (χ3n) is 9.36. The van der Waals surface area contributed by atoms with Gasteiger partial charge in [0.2, 0.25) is 0 Å². The van der Waals surface area contributed by atoms with Gasteiger partial charge in [-0.25, -0.2) is 9.97 Å². The zero-order chi connectivity index (χ0) is 34.0. The first-order valence-corrected chi connectivity index (χ1v) is 17.3. The van der Waals surface area contributed by atoms with Crippen molar-refractivity contribution in [1.29, 1.82) is 0 Å². The number of H-pyrrole nitrogens is 2. The fourth-order valence-corrected chi connectivity index (χ4v) is 6.91. The van der Waals surface area contributed by atoms with Gasteiger partial charge in [0.25, 0.3) is 0 Å². The standard InChI is InChI=1S/C20H14N4.C14H10.C13H10.Cd.H4Si/c1-2-14-10-16-5-6-18(23-16)12-20-8-7-19(24-20)11-17-4-3-15(22-17)9-13(1)21-14;1-2-6-12-10-14-8-4-3-7-13(14)9-11(12)5-1;1-3-7-12-10(5-1)9-11-6-2-4-8-13(11)12;;/h1-12,21,24H;1-10H;1-8H,9H2;;1H4. The Balaban J connectivity index is 0.000000129. The molecule has 8 bridgehead atoms. The number of nitrogens with one attached hydrogen (secondary N) is 2. The van der Waals surface area contributed by atoms with Crippen molar-refractivity contribution in [2.45, 2.75) is 6.42 Å². The van der Waals surface area contributed by atoms with Crippen LogP contribution in [0.4, 0.5) is 0 Å². The summed E-state index contributed by atoms with van der Waals surface area (Å²) in [6, 6.07) is 55.1. The SMILES string of the molecule is C1=Cc2cc3ccc(cc4nc(cc5ccc(cc1n2)[nH]5)C=C4)[nH]3.[Cd].[SiH4].c1ccc2c(c1)Cc1ccccc1-2.c1ccc2cc3ccccc3cc2c1. The van der Waals surface area contributed by atoms with Gasteiger partial charge in [-0.2, -0.15) is 0 Å². The third kappa shape index (κ3) is 8.06. The molecule has 5 aromatic carbocycles. The zero-order valence-corrected chi connectivity index (χ0v) is 32.7. The molecule has 3 aromatic heterocycles. The molecule has 0 fully saturated rings. The van der Waals surface area contributed by atoms with Crippen molar-refractivity contribution >= 4 is 78.9 Å². The molecule has 0 unspecified atom stereocenters. The van der Waals surface area contributed by atoms with E-state index in [4.69, 9.17) is 0 Å². The predicted octanol–water partition coefficient (Wildman–Crippen LogP) is 10.5. The second-order valence-corrected chi connectivity index (χ2v) is 12.9. The van der Waals surface area contributed by atoms with Crippen LogP contribution in [-0.4, -0.2) is 30.9 Å². The summed E-state index contributed by atoms with van der Waals surface area (Å²) in [4.78, 5) is 16.0. The topological polar surface area (TPSA) is 57.4 Å². The van der Waals surface area contributed by atoms with Crippen molar-refractivity contribution in [3.8, 4) is 11.1 Å². The third-order valence-corrected chi connectivity index (χ3v) is 9.36. The van der Waals surface area contributed by atoms with E-state index in [1.54, 1.807) is 0 Å². The minimum atomic E-state index is 0. The Kier molecular flexibility index (Phi) is 10.8. The molecule has 8 aromatic rings. The fraction of sp³-hybridized carbons (Fsp3) is 0.0213. The summed E-state index contributed by atoms with van der Waals surface area (Å²) >= 11 is 0. The van der Waals surface area contributed by atoms with E-state index in [-0.39, 0.29) is 38.3 Å². The molecule has 0 spiro atoms. The van der Waals surface area contributed by atoms with Gasteiger partial charge in [0, 0.05) is 49.4 Å². The van der Waals surface area contributed by atoms with Gasteiger partial charge in [0.1, 0.15) is 0 Å². The maximum atomic E-state index is 4.63. The van der Waals surface area contributed by atoms with Crippen LogP contribution in [0.2, 0.25) is 0 Å². The number of rotatable bonds is 0. The van der Waals surface area contributed by atoms with Gasteiger partial charge in [-0.1, -0.05) is 97.1 Å². The Morgan fingerprint density at radius 1 is 0.358 bits per heavy atom. The minimum absolute atomic E-state index is 0. The van der Waals surface area contributed by atoms with E-state index in [1.807, 2.05) is 48.6 Å². The number of nitrogens with zero attached hydrogens (tertiary/aromatic N) is 2. The van der Waals surface area contributed by atoms with Crippen molar-refractivity contribution in [3.05, 3.63) is 192 Å². The van der Waals surface area contributed by atoms with E-state index >= 15 is 0 Å². The molecule has 0 saturated heterocycles. The van der Waals surface area contributed by atoms with Gasteiger partial charge in [0.15, 0.2) is 0 Å². The van der Waals surface area contributed by atoms with Crippen LogP contribution in [0.15, 0.2) is 158 Å². The second kappa shape index (κ2) is 15.9. The molecule has 252 valence electrons. The summed E-state index contributed by atoms with van der Waals surface area (Å²) in [5, 5.41) is 5.25. The minimum Gasteiger partial charge on any atom is -0.355 e. The summed E-state index contributed by atoms with van der Waals surface area (Å²) in [5.74, 6) is 0. The number of aromatic amines is 2. The summed E-state index contributed by atoms with van der Waals surface area (Å²) in [7, 11) is 0. The summed E-state index contributed by atoms with van der Waals surface area (Å²) in [6.07, 6.45) is 9.19. The van der Waals surface area contributed by atoms with Crippen LogP contribution in [0, 0.1) is 0 Å². The molecular weight excluding hydrogens is 761 g/mol. The Bertz CT molecular complexity index is 2490. The molecule has 2 N–H and O–H groups in total. The maximum Gasteiger partial charge on any atom is 0.0658 e. The van der Waals surface area contributed by atoms with E-state index < -0.39 is 0 Å². The van der Waals surface area contributed by atoms with Gasteiger partial charge in [-0.3, -0.25) is 0 Å². The van der Waals surface area contributed by atoms with E-state index in [2.05, 4.69) is 153 Å². The van der Waals surface area contributed by atoms with Crippen molar-refractivity contribution in [3.63, 3.8) is 0 Å². The van der Waals surface area contributed by atoms with Gasteiger partial charge in [-0.05, 0) is 146 Å². The van der Waals surface area contributed by atoms with E-state index in [9.17, 15) is 0 Å². The number of aromatic nitrogens is 4. The molecule has 3 aliphatic rings. The van der Waals surface area contributed by atoms with E-state index in [0.717, 1.165) is 51.3 Å². The van der Waals surface area contributed by atoms with Gasteiger partial charge in [0.05, 0.1) is 22.8 Å². The Morgan fingerprint density at radius 2 is 0.660 bits per heavy atom. The van der Waals surface area contributed by atoms with Crippen molar-refractivity contribution in [2.24, 2.45) is 0 Å². The quantitative estimate of drug-likeness (QED) is 0.119. The summed E-state index contributed by atoms with van der Waals surface area (Å²) in [5.41, 5.74) is 13.6. The van der Waals surface area contributed by atoms with Crippen LogP contribution in [0.3, 0.4) is 0 Å². The van der Waals surface area contributed by atoms with Gasteiger partial charge >= 0.3 is 0 Å². The molecule has 0 amide bonds. The van der Waals surface area contributed by atoms with Crippen LogP contribution in [0.25, 0.3) is 79.0 Å². The van der Waals surface area contributed by atoms with Crippen LogP contribution < -0.4 is 0 Å². The first-order chi connectivity index (χ1) is 25.2. The molecule has 5 heterocycles. The Hall–Kier alpha value is -5.64. The first-order valence-electron chi connectivity index (χ1n) is 17.3. The predicted molar refractivity (Wildman–Crippen MR) is 226 cm³/mol. The molecule has 1 aliphatic carbocycles. The number of hydrogen-bond donors (Lipinski definition) is 2. The largest absolute Gasteiger partial charge is 0.355 e. The van der Waals surface area contributed by atoms with Crippen LogP contribution in [0.5, 0.6) is 0 Å². The average Bonchev–Trinajstić information content (AvgIpc) is 4.02. The molecular formula is C47H38CdN4Si. The van der Waals surface area contributed by atoms with Crippen molar-refractivity contribution < 1.29 is 27.3 Å². The normalized spacial score (nSPS) is 11.6. The average molecular weight is 799 g/mol. The molecule has 0 saturated carbocycles. The summed E-state index contributed by atoms with van der Waals surface area (Å²) < 4.78 is 0. The van der Waals surface area contributed by atoms with Gasteiger partial charge < -0.3 is 9.97 Å². The molecule has 4 nitrogen and oxygen atoms in total. The molecule has 0 radical (unpaired) electrons. The maximum absolute atomic E-state index is 4.63.